The molecule has 154 valence electrons. The van der Waals surface area contributed by atoms with Crippen molar-refractivity contribution in [1.82, 2.24) is 15.3 Å². The smallest absolute Gasteiger partial charge is 0.475 e. The molecular weight excluding hydrogens is 415 g/mol. The normalized spacial score (nSPS) is 20.9. The van der Waals surface area contributed by atoms with Crippen molar-refractivity contribution < 1.29 is 27.5 Å². The third-order valence-electron chi connectivity index (χ3n) is 4.84. The van der Waals surface area contributed by atoms with Crippen LogP contribution in [0.25, 0.3) is 22.1 Å². The Balaban J connectivity index is 0.000000255. The Kier molecular flexibility index (Phi) is 4.66. The van der Waals surface area contributed by atoms with E-state index in [1.807, 2.05) is 18.2 Å². The summed E-state index contributed by atoms with van der Waals surface area (Å²) in [6.07, 6.45) is -3.95. The molecule has 1 aromatic carbocycles. The fourth-order valence-electron chi connectivity index (χ4n) is 3.63. The van der Waals surface area contributed by atoms with Crippen LogP contribution in [0.5, 0.6) is 0 Å². The molecule has 8 nitrogen and oxygen atoms in total. The first kappa shape index (κ1) is 19.5. The summed E-state index contributed by atoms with van der Waals surface area (Å²) in [4.78, 5) is 20.0. The van der Waals surface area contributed by atoms with Crippen LogP contribution >= 0.6 is 11.6 Å². The quantitative estimate of drug-likeness (QED) is 0.540. The van der Waals surface area contributed by atoms with Crippen LogP contribution in [0.2, 0.25) is 5.02 Å². The zero-order chi connectivity index (χ0) is 20.9. The van der Waals surface area contributed by atoms with Crippen LogP contribution in [0.4, 0.5) is 24.9 Å². The van der Waals surface area contributed by atoms with Gasteiger partial charge in [0.15, 0.2) is 11.4 Å². The fraction of sp³-hybridized carbons (Fsp3) is 0.353. The Bertz CT molecular complexity index is 1100. The summed E-state index contributed by atoms with van der Waals surface area (Å²) in [6, 6.07) is 6.49. The molecule has 3 aromatic rings. The standard InChI is InChI=1S/C15H14ClN5O.C2HF3O2/c16-7-1-2-11-10(3-7)12-13(22-11)14(20-15(17)19-12)21-6-8-4-9(21)5-18-8;3-2(4,5)1(6)7/h1-3,8-9,18H,4-6H2,(H2,17,19,20);(H,6,7). The summed E-state index contributed by atoms with van der Waals surface area (Å²) in [5, 5.41) is 12.1. The number of nitrogens with two attached hydrogens (primary N) is 1. The van der Waals surface area contributed by atoms with E-state index in [0.29, 0.717) is 22.7 Å². The predicted octanol–water partition coefficient (Wildman–Crippen LogP) is 2.80. The number of hydrogen-bond donors (Lipinski definition) is 3. The van der Waals surface area contributed by atoms with Gasteiger partial charge in [-0.1, -0.05) is 11.6 Å². The summed E-state index contributed by atoms with van der Waals surface area (Å²) in [6.45, 7) is 1.90. The molecule has 2 unspecified atom stereocenters. The number of aromatic nitrogens is 2. The topological polar surface area (TPSA) is 118 Å². The van der Waals surface area contributed by atoms with Crippen molar-refractivity contribution in [2.45, 2.75) is 24.7 Å². The van der Waals surface area contributed by atoms with E-state index in [-0.39, 0.29) is 5.95 Å². The van der Waals surface area contributed by atoms with Crippen molar-refractivity contribution in [3.05, 3.63) is 23.2 Å². The van der Waals surface area contributed by atoms with Crippen molar-refractivity contribution in [3.63, 3.8) is 0 Å². The number of carboxylic acids is 1. The first-order valence-electron chi connectivity index (χ1n) is 8.59. The number of carboxylic acid groups (broad SMARTS) is 1. The van der Waals surface area contributed by atoms with E-state index in [9.17, 15) is 13.2 Å². The molecule has 29 heavy (non-hydrogen) atoms. The van der Waals surface area contributed by atoms with E-state index >= 15 is 0 Å². The van der Waals surface area contributed by atoms with E-state index in [2.05, 4.69) is 20.2 Å². The van der Waals surface area contributed by atoms with Crippen molar-refractivity contribution >= 4 is 51.4 Å². The first-order valence-corrected chi connectivity index (χ1v) is 8.96. The van der Waals surface area contributed by atoms with Crippen LogP contribution in [-0.4, -0.2) is 52.4 Å². The fourth-order valence-corrected chi connectivity index (χ4v) is 3.81. The lowest BCUT2D eigenvalue weighted by Crippen LogP contribution is -2.44. The lowest BCUT2D eigenvalue weighted by Gasteiger charge is -2.28. The molecule has 2 aromatic heterocycles. The van der Waals surface area contributed by atoms with Crippen molar-refractivity contribution in [1.29, 1.82) is 0 Å². The van der Waals surface area contributed by atoms with Crippen molar-refractivity contribution in [2.24, 2.45) is 0 Å². The van der Waals surface area contributed by atoms with Gasteiger partial charge in [0.05, 0.1) is 0 Å². The van der Waals surface area contributed by atoms with E-state index in [0.717, 1.165) is 41.8 Å². The molecule has 2 bridgehead atoms. The number of anilines is 2. The second-order valence-electron chi connectivity index (χ2n) is 6.78. The van der Waals surface area contributed by atoms with Crippen LogP contribution < -0.4 is 16.0 Å². The SMILES string of the molecule is Nc1nc(N2CC3CC2CN3)c2oc3ccc(Cl)cc3c2n1.O=C(O)C(F)(F)F. The van der Waals surface area contributed by atoms with Gasteiger partial charge >= 0.3 is 12.1 Å². The zero-order valence-corrected chi connectivity index (χ0v) is 15.5. The molecule has 2 aliphatic rings. The van der Waals surface area contributed by atoms with Gasteiger partial charge in [-0.15, -0.1) is 0 Å². The highest BCUT2D eigenvalue weighted by Gasteiger charge is 2.40. The highest BCUT2D eigenvalue weighted by atomic mass is 35.5. The molecule has 2 saturated heterocycles. The van der Waals surface area contributed by atoms with Gasteiger partial charge in [0, 0.05) is 35.6 Å². The Morgan fingerprint density at radius 2 is 2.10 bits per heavy atom. The number of furan rings is 1. The molecule has 0 spiro atoms. The zero-order valence-electron chi connectivity index (χ0n) is 14.7. The summed E-state index contributed by atoms with van der Waals surface area (Å²) in [7, 11) is 0. The summed E-state index contributed by atoms with van der Waals surface area (Å²) >= 11 is 6.10. The Hall–Kier alpha value is -2.79. The van der Waals surface area contributed by atoms with Crippen molar-refractivity contribution in [2.75, 3.05) is 23.7 Å². The van der Waals surface area contributed by atoms with E-state index in [4.69, 9.17) is 31.7 Å². The molecule has 2 atom stereocenters. The Morgan fingerprint density at radius 1 is 1.38 bits per heavy atom. The first-order chi connectivity index (χ1) is 13.6. The Labute approximate surface area is 166 Å². The molecule has 0 aliphatic carbocycles. The minimum Gasteiger partial charge on any atom is -0.475 e. The van der Waals surface area contributed by atoms with Gasteiger partial charge in [0.1, 0.15) is 11.1 Å². The number of fused-ring (bicyclic) bond motifs is 5. The lowest BCUT2D eigenvalue weighted by molar-refractivity contribution is -0.192. The maximum atomic E-state index is 10.6. The van der Waals surface area contributed by atoms with E-state index in [1.165, 1.54) is 0 Å². The van der Waals surface area contributed by atoms with Crippen LogP contribution in [0, 0.1) is 0 Å². The number of halogens is 4. The molecule has 2 aliphatic heterocycles. The third-order valence-corrected chi connectivity index (χ3v) is 5.08. The predicted molar refractivity (Wildman–Crippen MR) is 100.0 cm³/mol. The number of hydrogen-bond acceptors (Lipinski definition) is 7. The van der Waals surface area contributed by atoms with Crippen molar-refractivity contribution in [3.8, 4) is 0 Å². The number of aliphatic carboxylic acids is 1. The molecule has 5 rings (SSSR count). The number of alkyl halides is 3. The molecule has 0 saturated carbocycles. The van der Waals surface area contributed by atoms with Gasteiger partial charge in [0.25, 0.3) is 0 Å². The van der Waals surface area contributed by atoms with Gasteiger partial charge in [-0.05, 0) is 24.6 Å². The number of nitrogens with one attached hydrogen (secondary N) is 1. The number of piperazine rings is 1. The average Bonchev–Trinajstić information content (AvgIpc) is 3.35. The second-order valence-corrected chi connectivity index (χ2v) is 7.21. The molecule has 4 heterocycles. The maximum absolute atomic E-state index is 10.6. The number of nitrogens with zero attached hydrogens (tertiary/aromatic N) is 3. The highest BCUT2D eigenvalue weighted by Crippen LogP contribution is 2.38. The Morgan fingerprint density at radius 3 is 2.69 bits per heavy atom. The monoisotopic (exact) mass is 429 g/mol. The van der Waals surface area contributed by atoms with E-state index < -0.39 is 12.1 Å². The second kappa shape index (κ2) is 6.92. The van der Waals surface area contributed by atoms with Crippen LogP contribution in [0.15, 0.2) is 22.6 Å². The molecular formula is C17H15ClF3N5O3. The molecule has 12 heteroatoms. The number of benzene rings is 1. The molecule has 4 N–H and O–H groups in total. The minimum atomic E-state index is -5.08. The summed E-state index contributed by atoms with van der Waals surface area (Å²) < 4.78 is 37.7. The van der Waals surface area contributed by atoms with E-state index in [1.54, 1.807) is 0 Å². The number of carbonyl (C=O) groups is 1. The van der Waals surface area contributed by atoms with Crippen LogP contribution in [0.3, 0.4) is 0 Å². The lowest BCUT2D eigenvalue weighted by atomic mass is 10.2. The largest absolute Gasteiger partial charge is 0.490 e. The summed E-state index contributed by atoms with van der Waals surface area (Å²) in [5.41, 5.74) is 8.12. The minimum absolute atomic E-state index is 0.265. The number of nitrogen functional groups attached to an aromatic ring is 1. The van der Waals surface area contributed by atoms with Gasteiger partial charge in [-0.25, -0.2) is 9.78 Å². The molecule has 0 amide bonds. The van der Waals surface area contributed by atoms with Gasteiger partial charge in [-0.3, -0.25) is 0 Å². The molecule has 2 fully saturated rings. The summed E-state index contributed by atoms with van der Waals surface area (Å²) in [5.74, 6) is -1.70. The van der Waals surface area contributed by atoms with Crippen LogP contribution in [0.1, 0.15) is 6.42 Å². The number of rotatable bonds is 1. The van der Waals surface area contributed by atoms with Crippen LogP contribution in [-0.2, 0) is 4.79 Å². The van der Waals surface area contributed by atoms with Gasteiger partial charge in [0.2, 0.25) is 5.95 Å². The highest BCUT2D eigenvalue weighted by molar-refractivity contribution is 6.31. The van der Waals surface area contributed by atoms with Gasteiger partial charge < -0.3 is 25.5 Å². The van der Waals surface area contributed by atoms with Gasteiger partial charge in [-0.2, -0.15) is 18.2 Å². The molecule has 0 radical (unpaired) electrons. The maximum Gasteiger partial charge on any atom is 0.490 e. The average molecular weight is 430 g/mol. The third kappa shape index (κ3) is 3.62.